The lowest BCUT2D eigenvalue weighted by Gasteiger charge is -2.32. The van der Waals surface area contributed by atoms with E-state index in [1.165, 1.54) is 0 Å². The molecule has 0 radical (unpaired) electrons. The van der Waals surface area contributed by atoms with Crippen LogP contribution in [0, 0.1) is 0 Å². The Bertz CT molecular complexity index is 1040. The molecule has 0 unspecified atom stereocenters. The van der Waals surface area contributed by atoms with Crippen LogP contribution in [-0.4, -0.2) is 11.9 Å². The van der Waals surface area contributed by atoms with Gasteiger partial charge in [0.15, 0.2) is 0 Å². The van der Waals surface area contributed by atoms with Gasteiger partial charge in [0.25, 0.3) is 0 Å². The number of esters is 2. The number of benzene rings is 4. The van der Waals surface area contributed by atoms with Crippen LogP contribution in [0.4, 0.5) is 0 Å². The molecule has 0 aliphatic rings. The van der Waals surface area contributed by atoms with Gasteiger partial charge in [-0.15, -0.1) is 0 Å². The molecule has 0 aromatic heterocycles. The molecule has 164 valence electrons. The third-order valence-electron chi connectivity index (χ3n) is 6.41. The van der Waals surface area contributed by atoms with E-state index in [1.54, 1.807) is 13.8 Å². The minimum atomic E-state index is -1.15. The molecule has 0 fully saturated rings. The maximum absolute atomic E-state index is 13.7. The summed E-state index contributed by atoms with van der Waals surface area (Å²) in [6.07, 6.45) is 0. The predicted molar refractivity (Wildman–Crippen MR) is 130 cm³/mol. The number of rotatable bonds is 6. The van der Waals surface area contributed by atoms with Gasteiger partial charge in [-0.25, -0.2) is 0 Å². The van der Waals surface area contributed by atoms with Crippen molar-refractivity contribution in [3.05, 3.63) is 144 Å². The van der Waals surface area contributed by atoms with Crippen molar-refractivity contribution in [3.8, 4) is 0 Å². The first-order valence-corrected chi connectivity index (χ1v) is 11.0. The van der Waals surface area contributed by atoms with Gasteiger partial charge >= 0.3 is 11.9 Å². The number of carbonyl (C=O) groups is 2. The van der Waals surface area contributed by atoms with Crippen LogP contribution >= 0.6 is 0 Å². The van der Waals surface area contributed by atoms with Crippen molar-refractivity contribution in [2.45, 2.75) is 24.7 Å². The molecule has 0 N–H and O–H groups in total. The van der Waals surface area contributed by atoms with Gasteiger partial charge in [-0.1, -0.05) is 121 Å². The lowest BCUT2D eigenvalue weighted by molar-refractivity contribution is -0.165. The van der Waals surface area contributed by atoms with Gasteiger partial charge in [0.1, 0.15) is 10.8 Å². The van der Waals surface area contributed by atoms with Crippen LogP contribution in [0.1, 0.15) is 36.1 Å². The fourth-order valence-corrected chi connectivity index (χ4v) is 4.18. The Balaban J connectivity index is 1.77. The Labute approximate surface area is 194 Å². The molecule has 0 bridgehead atoms. The Hall–Kier alpha value is -3.98. The number of carbonyl (C=O) groups excluding carboxylic acids is 2. The van der Waals surface area contributed by atoms with Crippen LogP contribution in [0.15, 0.2) is 121 Å². The fraction of sp³-hybridized carbons (Fsp3) is 0.133. The third-order valence-corrected chi connectivity index (χ3v) is 6.41. The van der Waals surface area contributed by atoms with Crippen molar-refractivity contribution in [1.29, 1.82) is 0 Å². The highest BCUT2D eigenvalue weighted by molar-refractivity contribution is 5.99. The van der Waals surface area contributed by atoms with Crippen molar-refractivity contribution in [2.24, 2.45) is 0 Å². The van der Waals surface area contributed by atoms with Crippen LogP contribution in [0.5, 0.6) is 0 Å². The largest absolute Gasteiger partial charge is 0.391 e. The zero-order chi connectivity index (χ0) is 23.3. The highest BCUT2D eigenvalue weighted by atomic mass is 16.6. The lowest BCUT2D eigenvalue weighted by Crippen LogP contribution is -2.42. The standard InChI is InChI=1S/C30H26O3/c1-29(23-15-7-3-8-16-23,24-17-9-4-10-18-24)27(31)33-28(32)30(2,25-19-11-5-12-20-25)26-21-13-6-14-22-26/h3-22H,1-2H3. The first kappa shape index (κ1) is 22.2. The quantitative estimate of drug-likeness (QED) is 0.273. The summed E-state index contributed by atoms with van der Waals surface area (Å²) in [5.41, 5.74) is 0.745. The minimum Gasteiger partial charge on any atom is -0.391 e. The molecule has 0 atom stereocenters. The van der Waals surface area contributed by atoms with Crippen LogP contribution in [-0.2, 0) is 25.2 Å². The molecule has 0 saturated heterocycles. The van der Waals surface area contributed by atoms with Crippen LogP contribution < -0.4 is 0 Å². The van der Waals surface area contributed by atoms with Gasteiger partial charge in [0, 0.05) is 0 Å². The van der Waals surface area contributed by atoms with Crippen LogP contribution in [0.25, 0.3) is 0 Å². The molecule has 0 aliphatic heterocycles. The Morgan fingerprint density at radius 1 is 0.455 bits per heavy atom. The monoisotopic (exact) mass is 434 g/mol. The molecule has 33 heavy (non-hydrogen) atoms. The second kappa shape index (κ2) is 9.25. The second-order valence-corrected chi connectivity index (χ2v) is 8.39. The summed E-state index contributed by atoms with van der Waals surface area (Å²) in [5.74, 6) is -1.22. The van der Waals surface area contributed by atoms with Crippen LogP contribution in [0.3, 0.4) is 0 Å². The van der Waals surface area contributed by atoms with E-state index < -0.39 is 22.8 Å². The normalized spacial score (nSPS) is 11.6. The zero-order valence-corrected chi connectivity index (χ0v) is 18.8. The molecule has 4 aromatic rings. The summed E-state index contributed by atoms with van der Waals surface area (Å²) in [5, 5.41) is 0. The van der Waals surface area contributed by atoms with Gasteiger partial charge in [-0.3, -0.25) is 9.59 Å². The Morgan fingerprint density at radius 2 is 0.667 bits per heavy atom. The van der Waals surface area contributed by atoms with E-state index in [-0.39, 0.29) is 0 Å². The van der Waals surface area contributed by atoms with E-state index in [9.17, 15) is 9.59 Å². The summed E-state index contributed by atoms with van der Waals surface area (Å²) in [6, 6.07) is 37.7. The molecular formula is C30H26O3. The second-order valence-electron chi connectivity index (χ2n) is 8.39. The van der Waals surface area contributed by atoms with Crippen molar-refractivity contribution in [2.75, 3.05) is 0 Å². The molecule has 0 amide bonds. The molecule has 4 rings (SSSR count). The van der Waals surface area contributed by atoms with Crippen molar-refractivity contribution < 1.29 is 14.3 Å². The number of hydrogen-bond donors (Lipinski definition) is 0. The van der Waals surface area contributed by atoms with Gasteiger partial charge in [-0.05, 0) is 36.1 Å². The average Bonchev–Trinajstić information content (AvgIpc) is 2.89. The Morgan fingerprint density at radius 3 is 0.879 bits per heavy atom. The van der Waals surface area contributed by atoms with Gasteiger partial charge < -0.3 is 4.74 Å². The highest BCUT2D eigenvalue weighted by Gasteiger charge is 2.45. The van der Waals surface area contributed by atoms with Crippen molar-refractivity contribution in [1.82, 2.24) is 0 Å². The molecule has 0 saturated carbocycles. The van der Waals surface area contributed by atoms with Gasteiger partial charge in [0.2, 0.25) is 0 Å². The molecule has 3 nitrogen and oxygen atoms in total. The molecule has 4 aromatic carbocycles. The zero-order valence-electron chi connectivity index (χ0n) is 18.8. The van der Waals surface area contributed by atoms with E-state index in [2.05, 4.69) is 0 Å². The van der Waals surface area contributed by atoms with Crippen molar-refractivity contribution in [3.63, 3.8) is 0 Å². The predicted octanol–water partition coefficient (Wildman–Crippen LogP) is 6.07. The summed E-state index contributed by atoms with van der Waals surface area (Å²) >= 11 is 0. The first-order chi connectivity index (χ1) is 16.0. The SMILES string of the molecule is CC(C(=O)OC(=O)C(C)(c1ccccc1)c1ccccc1)(c1ccccc1)c1ccccc1. The molecule has 3 heteroatoms. The van der Waals surface area contributed by atoms with E-state index in [1.807, 2.05) is 121 Å². The molecule has 0 aliphatic carbocycles. The number of hydrogen-bond acceptors (Lipinski definition) is 3. The van der Waals surface area contributed by atoms with Crippen LogP contribution in [0.2, 0.25) is 0 Å². The summed E-state index contributed by atoms with van der Waals surface area (Å²) in [6.45, 7) is 3.60. The minimum absolute atomic E-state index is 0.608. The maximum atomic E-state index is 13.7. The van der Waals surface area contributed by atoms with Gasteiger partial charge in [0.05, 0.1) is 0 Å². The smallest absolute Gasteiger partial charge is 0.328 e. The maximum Gasteiger partial charge on any atom is 0.328 e. The first-order valence-electron chi connectivity index (χ1n) is 11.0. The molecular weight excluding hydrogens is 408 g/mol. The fourth-order valence-electron chi connectivity index (χ4n) is 4.18. The van der Waals surface area contributed by atoms with Gasteiger partial charge in [-0.2, -0.15) is 0 Å². The Kier molecular flexibility index (Phi) is 6.23. The number of ether oxygens (including phenoxy) is 1. The average molecular weight is 435 g/mol. The molecule has 0 spiro atoms. The summed E-state index contributed by atoms with van der Waals surface area (Å²) < 4.78 is 5.72. The van der Waals surface area contributed by atoms with E-state index >= 15 is 0 Å². The summed E-state index contributed by atoms with van der Waals surface area (Å²) in [4.78, 5) is 27.5. The van der Waals surface area contributed by atoms with E-state index in [0.717, 1.165) is 22.3 Å². The van der Waals surface area contributed by atoms with Crippen molar-refractivity contribution >= 4 is 11.9 Å². The molecule has 0 heterocycles. The van der Waals surface area contributed by atoms with E-state index in [0.29, 0.717) is 0 Å². The highest BCUT2D eigenvalue weighted by Crippen LogP contribution is 2.37. The lowest BCUT2D eigenvalue weighted by atomic mass is 9.75. The third kappa shape index (κ3) is 4.10. The topological polar surface area (TPSA) is 43.4 Å². The van der Waals surface area contributed by atoms with E-state index in [4.69, 9.17) is 4.74 Å². The summed E-state index contributed by atoms with van der Waals surface area (Å²) in [7, 11) is 0.